The van der Waals surface area contributed by atoms with Crippen molar-refractivity contribution in [1.29, 1.82) is 0 Å². The zero-order valence-corrected chi connectivity index (χ0v) is 29.2. The average Bonchev–Trinajstić information content (AvgIpc) is 2.84. The van der Waals surface area contributed by atoms with E-state index in [9.17, 15) is 4.57 Å². The molecule has 4 aromatic carbocycles. The molecule has 0 aliphatic rings. The van der Waals surface area contributed by atoms with Gasteiger partial charge < -0.3 is 13.6 Å². The summed E-state index contributed by atoms with van der Waals surface area (Å²) in [6, 6.07) is 24.8. The van der Waals surface area contributed by atoms with Gasteiger partial charge in [-0.25, -0.2) is 0 Å². The first-order chi connectivity index (χ1) is 17.6. The Hall–Kier alpha value is -0.610. The Morgan fingerprint density at radius 3 is 1.38 bits per heavy atom. The van der Waals surface area contributed by atoms with Crippen molar-refractivity contribution in [2.24, 2.45) is 0 Å². The summed E-state index contributed by atoms with van der Waals surface area (Å²) in [4.78, 5) is 0. The molecular weight excluding hydrogens is 887 g/mol. The Labute approximate surface area is 265 Å². The smallest absolute Gasteiger partial charge is 0.386 e. The molecule has 4 nitrogen and oxygen atoms in total. The molecule has 0 aliphatic carbocycles. The van der Waals surface area contributed by atoms with Crippen LogP contribution in [0, 0.1) is 0 Å². The highest BCUT2D eigenvalue weighted by molar-refractivity contribution is 9.12. The van der Waals surface area contributed by atoms with E-state index >= 15 is 0 Å². The third-order valence-corrected chi connectivity index (χ3v) is 9.54. The van der Waals surface area contributed by atoms with Gasteiger partial charge in [-0.15, -0.1) is 0 Å². The Morgan fingerprint density at radius 1 is 0.541 bits per heavy atom. The molecule has 0 saturated carbocycles. The van der Waals surface area contributed by atoms with Gasteiger partial charge in [0, 0.05) is 8.95 Å². The molecule has 0 aliphatic heterocycles. The van der Waals surface area contributed by atoms with Crippen molar-refractivity contribution < 1.29 is 18.1 Å². The second kappa shape index (κ2) is 13.2. The summed E-state index contributed by atoms with van der Waals surface area (Å²) in [5, 5.41) is 0. The molecule has 0 amide bonds. The summed E-state index contributed by atoms with van der Waals surface area (Å²) in [6.45, 7) is 0. The molecule has 0 bridgehead atoms. The van der Waals surface area contributed by atoms with E-state index in [0.717, 1.165) is 27.4 Å². The lowest BCUT2D eigenvalue weighted by molar-refractivity contribution is 0.296. The Balaban J connectivity index is 1.61. The maximum absolute atomic E-state index is 14.1. The van der Waals surface area contributed by atoms with Crippen molar-refractivity contribution in [1.82, 2.24) is 0 Å². The van der Waals surface area contributed by atoms with Gasteiger partial charge in [-0.3, -0.25) is 0 Å². The van der Waals surface area contributed by atoms with Crippen LogP contribution >= 0.6 is 103 Å². The molecule has 0 N–H and O–H groups in total. The van der Waals surface area contributed by atoms with E-state index in [4.69, 9.17) is 13.6 Å². The third-order valence-electron chi connectivity index (χ3n) is 5.02. The van der Waals surface area contributed by atoms with E-state index in [-0.39, 0.29) is 11.5 Å². The van der Waals surface area contributed by atoms with Crippen LogP contribution in [-0.2, 0) is 17.4 Å². The van der Waals surface area contributed by atoms with Crippen molar-refractivity contribution in [3.8, 4) is 17.2 Å². The number of phosphoric ester groups is 1. The lowest BCUT2D eigenvalue weighted by atomic mass is 10.0. The van der Waals surface area contributed by atoms with Gasteiger partial charge in [-0.1, -0.05) is 74.3 Å². The topological polar surface area (TPSA) is 44.8 Å². The van der Waals surface area contributed by atoms with Crippen molar-refractivity contribution >= 4 is 103 Å². The predicted octanol–water partition coefficient (Wildman–Crippen LogP) is 11.7. The molecule has 37 heavy (non-hydrogen) atoms. The van der Waals surface area contributed by atoms with Crippen molar-refractivity contribution in [3.63, 3.8) is 0 Å². The van der Waals surface area contributed by atoms with Crippen molar-refractivity contribution in [2.45, 2.75) is 12.8 Å². The van der Waals surface area contributed by atoms with Crippen LogP contribution in [0.3, 0.4) is 0 Å². The summed E-state index contributed by atoms with van der Waals surface area (Å²) in [7, 11) is -4.25. The highest BCUT2D eigenvalue weighted by Crippen LogP contribution is 2.55. The largest absolute Gasteiger partial charge is 0.647 e. The highest BCUT2D eigenvalue weighted by atomic mass is 79.9. The van der Waals surface area contributed by atoms with Crippen LogP contribution < -0.4 is 13.6 Å². The summed E-state index contributed by atoms with van der Waals surface area (Å²) in [5.74, 6) is 0.895. The van der Waals surface area contributed by atoms with Gasteiger partial charge in [0.2, 0.25) is 0 Å². The van der Waals surface area contributed by atoms with Crippen LogP contribution in [0.1, 0.15) is 11.1 Å². The molecule has 0 heterocycles. The minimum atomic E-state index is -4.25. The molecule has 4 rings (SSSR count). The third kappa shape index (κ3) is 8.19. The number of halogens is 6. The summed E-state index contributed by atoms with van der Waals surface area (Å²) in [6.07, 6.45) is 1.79. The molecule has 0 fully saturated rings. The first-order valence-electron chi connectivity index (χ1n) is 10.7. The Kier molecular flexibility index (Phi) is 10.4. The summed E-state index contributed by atoms with van der Waals surface area (Å²) < 4.78 is 35.8. The van der Waals surface area contributed by atoms with Crippen LogP contribution in [0.15, 0.2) is 106 Å². The van der Waals surface area contributed by atoms with E-state index in [2.05, 4.69) is 108 Å². The molecule has 0 aromatic heterocycles. The van der Waals surface area contributed by atoms with Gasteiger partial charge >= 0.3 is 7.82 Å². The quantitative estimate of drug-likeness (QED) is 0.157. The van der Waals surface area contributed by atoms with Gasteiger partial charge in [-0.05, 0) is 124 Å². The van der Waals surface area contributed by atoms with Crippen LogP contribution in [-0.4, -0.2) is 0 Å². The molecule has 192 valence electrons. The standard InChI is InChI=1S/C26H17Br6O4P/c27-18-12-21(29)25(22(30)13-18)35-37(33,36-26-23(31)14-19(28)15-24(26)32)34-20-10-8-17(9-11-20)7-6-16-4-2-1-3-5-16/h1-5,8-15H,6-7H2. The second-order valence-electron chi connectivity index (χ2n) is 7.75. The van der Waals surface area contributed by atoms with E-state index in [1.807, 2.05) is 30.3 Å². The molecule has 4 aromatic rings. The molecule has 0 unspecified atom stereocenters. The van der Waals surface area contributed by atoms with E-state index < -0.39 is 7.82 Å². The first-order valence-corrected chi connectivity index (χ1v) is 16.9. The van der Waals surface area contributed by atoms with Gasteiger partial charge in [0.15, 0.2) is 11.5 Å². The Morgan fingerprint density at radius 2 is 0.946 bits per heavy atom. The lowest BCUT2D eigenvalue weighted by Gasteiger charge is -2.22. The van der Waals surface area contributed by atoms with Crippen LogP contribution in [0.2, 0.25) is 0 Å². The van der Waals surface area contributed by atoms with Crippen LogP contribution in [0.25, 0.3) is 0 Å². The van der Waals surface area contributed by atoms with Crippen molar-refractivity contribution in [3.05, 3.63) is 117 Å². The van der Waals surface area contributed by atoms with E-state index in [0.29, 0.717) is 23.6 Å². The molecule has 0 radical (unpaired) electrons. The van der Waals surface area contributed by atoms with E-state index in [1.54, 1.807) is 36.4 Å². The normalized spacial score (nSPS) is 11.3. The summed E-state index contributed by atoms with van der Waals surface area (Å²) >= 11 is 20.7. The summed E-state index contributed by atoms with van der Waals surface area (Å²) in [5.41, 5.74) is 2.40. The fraction of sp³-hybridized carbons (Fsp3) is 0.0769. The van der Waals surface area contributed by atoms with Gasteiger partial charge in [0.1, 0.15) is 5.75 Å². The van der Waals surface area contributed by atoms with Crippen LogP contribution in [0.5, 0.6) is 17.2 Å². The molecule has 0 spiro atoms. The highest BCUT2D eigenvalue weighted by Gasteiger charge is 2.36. The number of hydrogen-bond donors (Lipinski definition) is 0. The fourth-order valence-corrected chi connectivity index (χ4v) is 9.97. The zero-order chi connectivity index (χ0) is 26.6. The van der Waals surface area contributed by atoms with E-state index in [1.165, 1.54) is 5.56 Å². The molecule has 0 atom stereocenters. The van der Waals surface area contributed by atoms with Gasteiger partial charge in [-0.2, -0.15) is 4.57 Å². The van der Waals surface area contributed by atoms with Crippen molar-refractivity contribution in [2.75, 3.05) is 0 Å². The minimum absolute atomic E-state index is 0.273. The first kappa shape index (κ1) is 29.4. The second-order valence-corrected chi connectivity index (χ2v) is 14.4. The SMILES string of the molecule is O=P(Oc1ccc(CCc2ccccc2)cc1)(Oc1c(Br)cc(Br)cc1Br)Oc1c(Br)cc(Br)cc1Br. The lowest BCUT2D eigenvalue weighted by Crippen LogP contribution is -2.09. The fourth-order valence-electron chi connectivity index (χ4n) is 3.29. The number of benzene rings is 4. The minimum Gasteiger partial charge on any atom is -0.386 e. The number of hydrogen-bond acceptors (Lipinski definition) is 4. The van der Waals surface area contributed by atoms with Gasteiger partial charge in [0.05, 0.1) is 17.9 Å². The Bertz CT molecular complexity index is 1340. The van der Waals surface area contributed by atoms with Gasteiger partial charge in [0.25, 0.3) is 0 Å². The van der Waals surface area contributed by atoms with Crippen LogP contribution in [0.4, 0.5) is 0 Å². The number of rotatable bonds is 9. The average molecular weight is 904 g/mol. The number of aryl methyl sites for hydroxylation is 2. The molecule has 11 heteroatoms. The monoisotopic (exact) mass is 898 g/mol. The zero-order valence-electron chi connectivity index (χ0n) is 18.8. The molecular formula is C26H17Br6O4P. The molecule has 0 saturated heterocycles. The maximum atomic E-state index is 14.1. The predicted molar refractivity (Wildman–Crippen MR) is 169 cm³/mol. The number of phosphoric acid groups is 1. The maximum Gasteiger partial charge on any atom is 0.647 e.